The van der Waals surface area contributed by atoms with Gasteiger partial charge in [-0.2, -0.15) is 0 Å². The van der Waals surface area contributed by atoms with Crippen LogP contribution in [0.25, 0.3) is 0 Å². The molecule has 7 heteroatoms. The molecule has 130 valence electrons. The van der Waals surface area contributed by atoms with Crippen LogP contribution in [-0.2, 0) is 6.42 Å². The van der Waals surface area contributed by atoms with Gasteiger partial charge in [-0.25, -0.2) is 0 Å². The molecule has 1 fully saturated rings. The maximum Gasteiger partial charge on any atom is 0.191 e. The van der Waals surface area contributed by atoms with Crippen molar-refractivity contribution in [3.8, 4) is 0 Å². The summed E-state index contributed by atoms with van der Waals surface area (Å²) in [5, 5.41) is 16.5. The molecule has 0 atom stereocenters. The van der Waals surface area contributed by atoms with Gasteiger partial charge in [-0.15, -0.1) is 10.2 Å². The number of hydrogen-bond donors (Lipinski definition) is 2. The Morgan fingerprint density at radius 2 is 2.09 bits per heavy atom. The van der Waals surface area contributed by atoms with Crippen molar-refractivity contribution >= 4 is 17.7 Å². The molecule has 0 aliphatic heterocycles. The van der Waals surface area contributed by atoms with Crippen LogP contribution in [0, 0.1) is 0 Å². The largest absolute Gasteiger partial charge is 0.356 e. The number of rotatable bonds is 7. The molecule has 6 nitrogen and oxygen atoms in total. The van der Waals surface area contributed by atoms with Crippen molar-refractivity contribution in [2.75, 3.05) is 19.8 Å². The summed E-state index contributed by atoms with van der Waals surface area (Å²) in [5.74, 6) is 2.00. The molecule has 2 rings (SSSR count). The Balaban J connectivity index is 1.87. The number of guanidine groups is 1. The minimum atomic E-state index is 0.385. The lowest BCUT2D eigenvalue weighted by molar-refractivity contribution is 0.460. The van der Waals surface area contributed by atoms with E-state index in [4.69, 9.17) is 0 Å². The SMILES string of the molecule is CN=C(NCCCc1nnc(SC)n1C1CCCC1)NC(C)C. The van der Waals surface area contributed by atoms with Gasteiger partial charge in [0.05, 0.1) is 0 Å². The Labute approximate surface area is 143 Å². The van der Waals surface area contributed by atoms with E-state index in [0.29, 0.717) is 12.1 Å². The van der Waals surface area contributed by atoms with E-state index in [9.17, 15) is 0 Å². The summed E-state index contributed by atoms with van der Waals surface area (Å²) in [6, 6.07) is 0.988. The normalized spacial score (nSPS) is 16.3. The van der Waals surface area contributed by atoms with Crippen molar-refractivity contribution in [1.82, 2.24) is 25.4 Å². The first-order chi connectivity index (χ1) is 11.2. The lowest BCUT2D eigenvalue weighted by Crippen LogP contribution is -2.41. The van der Waals surface area contributed by atoms with Gasteiger partial charge >= 0.3 is 0 Å². The lowest BCUT2D eigenvalue weighted by Gasteiger charge is -2.17. The highest BCUT2D eigenvalue weighted by Crippen LogP contribution is 2.33. The molecular weight excluding hydrogens is 308 g/mol. The zero-order valence-electron chi connectivity index (χ0n) is 14.8. The first-order valence-electron chi connectivity index (χ1n) is 8.60. The van der Waals surface area contributed by atoms with Crippen molar-refractivity contribution < 1.29 is 0 Å². The minimum Gasteiger partial charge on any atom is -0.356 e. The van der Waals surface area contributed by atoms with Gasteiger partial charge in [0.25, 0.3) is 0 Å². The topological polar surface area (TPSA) is 67.1 Å². The molecule has 0 bridgehead atoms. The zero-order valence-corrected chi connectivity index (χ0v) is 15.6. The third-order valence-corrected chi connectivity index (χ3v) is 4.77. The molecule has 2 N–H and O–H groups in total. The van der Waals surface area contributed by atoms with Gasteiger partial charge in [0, 0.05) is 32.1 Å². The Kier molecular flexibility index (Phi) is 7.20. The third-order valence-electron chi connectivity index (χ3n) is 4.13. The summed E-state index contributed by atoms with van der Waals surface area (Å²) in [5.41, 5.74) is 0. The van der Waals surface area contributed by atoms with Crippen LogP contribution in [-0.4, -0.2) is 46.6 Å². The molecule has 1 aromatic rings. The average molecular weight is 339 g/mol. The minimum absolute atomic E-state index is 0.385. The quantitative estimate of drug-likeness (QED) is 0.346. The van der Waals surface area contributed by atoms with Gasteiger partial charge in [-0.1, -0.05) is 24.6 Å². The monoisotopic (exact) mass is 338 g/mol. The molecular formula is C16H30N6S. The number of aliphatic imine (C=N–C) groups is 1. The Morgan fingerprint density at radius 1 is 1.35 bits per heavy atom. The fraction of sp³-hybridized carbons (Fsp3) is 0.812. The van der Waals surface area contributed by atoms with Crippen LogP contribution in [0.5, 0.6) is 0 Å². The molecule has 0 radical (unpaired) electrons. The Morgan fingerprint density at radius 3 is 2.70 bits per heavy atom. The van der Waals surface area contributed by atoms with Crippen LogP contribution in [0.1, 0.15) is 57.8 Å². The molecule has 0 amide bonds. The highest BCUT2D eigenvalue weighted by Gasteiger charge is 2.23. The van der Waals surface area contributed by atoms with E-state index in [-0.39, 0.29) is 0 Å². The average Bonchev–Trinajstić information content (AvgIpc) is 3.18. The first-order valence-corrected chi connectivity index (χ1v) is 9.83. The van der Waals surface area contributed by atoms with E-state index in [1.54, 1.807) is 18.8 Å². The van der Waals surface area contributed by atoms with E-state index < -0.39 is 0 Å². The summed E-state index contributed by atoms with van der Waals surface area (Å²) in [4.78, 5) is 4.23. The second-order valence-electron chi connectivity index (χ2n) is 6.31. The van der Waals surface area contributed by atoms with Gasteiger partial charge in [-0.3, -0.25) is 4.99 Å². The number of nitrogens with one attached hydrogen (secondary N) is 2. The second-order valence-corrected chi connectivity index (χ2v) is 7.09. The van der Waals surface area contributed by atoms with Crippen molar-refractivity contribution in [3.63, 3.8) is 0 Å². The summed E-state index contributed by atoms with van der Waals surface area (Å²) in [6.07, 6.45) is 9.25. The maximum atomic E-state index is 4.44. The van der Waals surface area contributed by atoms with Crippen LogP contribution in [0.4, 0.5) is 0 Å². The van der Waals surface area contributed by atoms with Crippen LogP contribution in [0.3, 0.4) is 0 Å². The van der Waals surface area contributed by atoms with Crippen molar-refractivity contribution in [2.24, 2.45) is 4.99 Å². The van der Waals surface area contributed by atoms with Gasteiger partial charge in [0.2, 0.25) is 0 Å². The Bertz CT molecular complexity index is 505. The smallest absolute Gasteiger partial charge is 0.191 e. The summed E-state index contributed by atoms with van der Waals surface area (Å²) in [7, 11) is 1.80. The molecule has 1 saturated carbocycles. The number of aromatic nitrogens is 3. The molecule has 0 unspecified atom stereocenters. The summed E-state index contributed by atoms with van der Waals surface area (Å²) < 4.78 is 2.39. The molecule has 1 aromatic heterocycles. The number of hydrogen-bond acceptors (Lipinski definition) is 4. The van der Waals surface area contributed by atoms with Crippen LogP contribution >= 0.6 is 11.8 Å². The highest BCUT2D eigenvalue weighted by atomic mass is 32.2. The second kappa shape index (κ2) is 9.15. The molecule has 1 aliphatic carbocycles. The fourth-order valence-electron chi connectivity index (χ4n) is 3.07. The molecule has 1 aliphatic rings. The fourth-order valence-corrected chi connectivity index (χ4v) is 3.64. The molecule has 1 heterocycles. The van der Waals surface area contributed by atoms with E-state index in [1.807, 2.05) is 0 Å². The highest BCUT2D eigenvalue weighted by molar-refractivity contribution is 7.98. The first kappa shape index (κ1) is 18.1. The standard InChI is InChI=1S/C16H30N6S/c1-12(2)19-15(17-3)18-11-7-10-14-20-21-16(23-4)22(14)13-8-5-6-9-13/h12-13H,5-11H2,1-4H3,(H2,17,18,19). The van der Waals surface area contributed by atoms with Crippen molar-refractivity contribution in [1.29, 1.82) is 0 Å². The third kappa shape index (κ3) is 5.12. The predicted molar refractivity (Wildman–Crippen MR) is 97.3 cm³/mol. The van der Waals surface area contributed by atoms with Crippen LogP contribution < -0.4 is 10.6 Å². The van der Waals surface area contributed by atoms with Gasteiger partial charge in [-0.05, 0) is 39.4 Å². The number of thioether (sulfide) groups is 1. The number of aryl methyl sites for hydroxylation is 1. The lowest BCUT2D eigenvalue weighted by atomic mass is 10.2. The van der Waals surface area contributed by atoms with Crippen LogP contribution in [0.2, 0.25) is 0 Å². The van der Waals surface area contributed by atoms with E-state index in [1.165, 1.54) is 25.7 Å². The van der Waals surface area contributed by atoms with Crippen molar-refractivity contribution in [2.45, 2.75) is 69.6 Å². The number of nitrogens with zero attached hydrogens (tertiary/aromatic N) is 4. The Hall–Kier alpha value is -1.24. The van der Waals surface area contributed by atoms with E-state index in [2.05, 4.69) is 50.5 Å². The summed E-state index contributed by atoms with van der Waals surface area (Å²) in [6.45, 7) is 5.11. The van der Waals surface area contributed by atoms with Crippen molar-refractivity contribution in [3.05, 3.63) is 5.82 Å². The zero-order chi connectivity index (χ0) is 16.7. The van der Waals surface area contributed by atoms with E-state index >= 15 is 0 Å². The molecule has 23 heavy (non-hydrogen) atoms. The van der Waals surface area contributed by atoms with Gasteiger partial charge in [0.1, 0.15) is 5.82 Å². The maximum absolute atomic E-state index is 4.44. The molecule has 0 spiro atoms. The van der Waals surface area contributed by atoms with Gasteiger partial charge in [0.15, 0.2) is 11.1 Å². The van der Waals surface area contributed by atoms with E-state index in [0.717, 1.165) is 36.3 Å². The summed E-state index contributed by atoms with van der Waals surface area (Å²) >= 11 is 1.70. The van der Waals surface area contributed by atoms with Crippen LogP contribution in [0.15, 0.2) is 10.1 Å². The molecule has 0 saturated heterocycles. The van der Waals surface area contributed by atoms with Gasteiger partial charge < -0.3 is 15.2 Å². The predicted octanol–water partition coefficient (Wildman–Crippen LogP) is 2.62. The molecule has 0 aromatic carbocycles.